The smallest absolute Gasteiger partial charge is 0.244 e. The third-order valence-corrected chi connectivity index (χ3v) is 6.68. The number of nitrogens with zero attached hydrogens (tertiary/aromatic N) is 2. The lowest BCUT2D eigenvalue weighted by atomic mass is 9.70. The molecule has 1 N–H and O–H groups in total. The summed E-state index contributed by atoms with van der Waals surface area (Å²) in [5, 5.41) is 0. The second-order valence-corrected chi connectivity index (χ2v) is 8.73. The normalized spacial score (nSPS) is 17.9. The van der Waals surface area contributed by atoms with Gasteiger partial charge < -0.3 is 0 Å². The number of rotatable bonds is 6. The maximum atomic E-state index is 13.2. The highest BCUT2D eigenvalue weighted by Crippen LogP contribution is 2.53. The Balaban J connectivity index is 1.70. The fourth-order valence-electron chi connectivity index (χ4n) is 3.27. The van der Waals surface area contributed by atoms with E-state index in [4.69, 9.17) is 0 Å². The van der Waals surface area contributed by atoms with Gasteiger partial charge in [0.2, 0.25) is 10.0 Å². The highest BCUT2D eigenvalue weighted by Gasteiger charge is 2.60. The van der Waals surface area contributed by atoms with E-state index in [1.54, 1.807) is 43.6 Å². The summed E-state index contributed by atoms with van der Waals surface area (Å²) in [5.74, 6) is -0.923. The maximum absolute atomic E-state index is 13.2. The molecule has 1 aliphatic carbocycles. The van der Waals surface area contributed by atoms with Crippen LogP contribution in [-0.2, 0) is 10.0 Å². The molecule has 1 aromatic carbocycles. The molecule has 0 bridgehead atoms. The Hall–Kier alpha value is -2.00. The van der Waals surface area contributed by atoms with Crippen molar-refractivity contribution in [2.24, 2.45) is 5.41 Å². The van der Waals surface area contributed by atoms with Gasteiger partial charge in [0.25, 0.3) is 0 Å². The fraction of sp³-hybridized carbons (Fsp3) is 0.444. The molecule has 0 saturated heterocycles. The highest BCUT2D eigenvalue weighted by atomic mass is 32.2. The third kappa shape index (κ3) is 4.30. The molecule has 3 rings (SSSR count). The van der Waals surface area contributed by atoms with Crippen molar-refractivity contribution in [2.45, 2.75) is 38.4 Å². The third-order valence-electron chi connectivity index (χ3n) is 5.04. The summed E-state index contributed by atoms with van der Waals surface area (Å²) >= 11 is 0. The molecule has 2 aromatic rings. The zero-order valence-corrected chi connectivity index (χ0v) is 15.5. The Morgan fingerprint density at radius 2 is 1.70 bits per heavy atom. The first-order chi connectivity index (χ1) is 12.6. The van der Waals surface area contributed by atoms with E-state index in [2.05, 4.69) is 14.7 Å². The number of sulfonamides is 1. The van der Waals surface area contributed by atoms with Gasteiger partial charge in [-0.05, 0) is 30.9 Å². The predicted octanol–water partition coefficient (Wildman–Crippen LogP) is 3.86. The Morgan fingerprint density at radius 3 is 2.19 bits per heavy atom. The van der Waals surface area contributed by atoms with E-state index in [1.165, 1.54) is 6.33 Å². The van der Waals surface area contributed by atoms with Crippen LogP contribution in [0.15, 0.2) is 43.0 Å². The second kappa shape index (κ2) is 7.20. The van der Waals surface area contributed by atoms with Crippen molar-refractivity contribution in [1.29, 1.82) is 0 Å². The van der Waals surface area contributed by atoms with E-state index in [0.717, 1.165) is 11.1 Å². The van der Waals surface area contributed by atoms with Gasteiger partial charge >= 0.3 is 6.18 Å². The van der Waals surface area contributed by atoms with Crippen LogP contribution in [-0.4, -0.2) is 30.3 Å². The largest absolute Gasteiger partial charge is 0.395 e. The average Bonchev–Trinajstić information content (AvgIpc) is 2.58. The van der Waals surface area contributed by atoms with Gasteiger partial charge in [-0.15, -0.1) is 0 Å². The Morgan fingerprint density at radius 1 is 1.11 bits per heavy atom. The van der Waals surface area contributed by atoms with E-state index in [0.29, 0.717) is 12.0 Å². The monoisotopic (exact) mass is 399 g/mol. The van der Waals surface area contributed by atoms with E-state index >= 15 is 0 Å². The number of benzene rings is 1. The van der Waals surface area contributed by atoms with Crippen molar-refractivity contribution in [3.05, 3.63) is 48.5 Å². The molecule has 0 amide bonds. The van der Waals surface area contributed by atoms with Gasteiger partial charge in [-0.1, -0.05) is 30.7 Å². The van der Waals surface area contributed by atoms with Crippen LogP contribution in [0.3, 0.4) is 0 Å². The molecule has 1 aromatic heterocycles. The molecule has 1 fully saturated rings. The topological polar surface area (TPSA) is 72.0 Å². The number of alkyl halides is 3. The summed E-state index contributed by atoms with van der Waals surface area (Å²) in [6.45, 7) is 1.61. The number of aromatic nitrogens is 2. The fourth-order valence-corrected chi connectivity index (χ4v) is 5.21. The van der Waals surface area contributed by atoms with E-state index < -0.39 is 33.4 Å². The number of hydrogen-bond donors (Lipinski definition) is 1. The highest BCUT2D eigenvalue weighted by molar-refractivity contribution is 7.89. The van der Waals surface area contributed by atoms with Gasteiger partial charge in [-0.3, -0.25) is 0 Å². The Kier molecular flexibility index (Phi) is 5.27. The lowest BCUT2D eigenvalue weighted by Crippen LogP contribution is -2.51. The molecule has 1 saturated carbocycles. The van der Waals surface area contributed by atoms with Crippen LogP contribution < -0.4 is 4.72 Å². The Bertz CT molecular complexity index is 880. The van der Waals surface area contributed by atoms with E-state index in [1.807, 2.05) is 0 Å². The van der Waals surface area contributed by atoms with Gasteiger partial charge in [0.05, 0.1) is 11.2 Å². The number of hydrogen-bond acceptors (Lipinski definition) is 4. The minimum Gasteiger partial charge on any atom is -0.244 e. The van der Waals surface area contributed by atoms with E-state index in [9.17, 15) is 21.6 Å². The molecule has 0 spiro atoms. The average molecular weight is 399 g/mol. The van der Waals surface area contributed by atoms with Crippen LogP contribution >= 0.6 is 0 Å². The summed E-state index contributed by atoms with van der Waals surface area (Å²) < 4.78 is 66.8. The standard InChI is InChI=1S/C18H20F3N3O2S/c1-13(14-3-5-15(6-4-14)16-9-22-12-23-10-16)24-27(25,26)11-17(7-2-8-17)18(19,20)21/h3-6,9-10,12-13,24H,2,7-8,11H2,1H3. The summed E-state index contributed by atoms with van der Waals surface area (Å²) in [4.78, 5) is 7.88. The van der Waals surface area contributed by atoms with Crippen molar-refractivity contribution in [1.82, 2.24) is 14.7 Å². The van der Waals surface area contributed by atoms with Crippen LogP contribution in [0.25, 0.3) is 11.1 Å². The van der Waals surface area contributed by atoms with Gasteiger partial charge in [-0.2, -0.15) is 13.2 Å². The molecule has 1 atom stereocenters. The van der Waals surface area contributed by atoms with Gasteiger partial charge in [0.1, 0.15) is 6.33 Å². The summed E-state index contributed by atoms with van der Waals surface area (Å²) in [6, 6.07) is 6.42. The van der Waals surface area contributed by atoms with Crippen molar-refractivity contribution in [3.8, 4) is 11.1 Å². The molecule has 0 radical (unpaired) electrons. The first-order valence-electron chi connectivity index (χ1n) is 8.54. The Labute approximate surface area is 156 Å². The number of nitrogens with one attached hydrogen (secondary N) is 1. The van der Waals surface area contributed by atoms with Crippen molar-refractivity contribution in [2.75, 3.05) is 5.75 Å². The summed E-state index contributed by atoms with van der Waals surface area (Å²) in [7, 11) is -4.08. The second-order valence-electron chi connectivity index (χ2n) is 6.98. The van der Waals surface area contributed by atoms with Crippen molar-refractivity contribution >= 4 is 10.0 Å². The van der Waals surface area contributed by atoms with Gasteiger partial charge in [0, 0.05) is 24.0 Å². The molecular formula is C18H20F3N3O2S. The first-order valence-corrected chi connectivity index (χ1v) is 10.2. The van der Waals surface area contributed by atoms with Crippen LogP contribution in [0.5, 0.6) is 0 Å². The number of halogens is 3. The van der Waals surface area contributed by atoms with Gasteiger partial charge in [-0.25, -0.2) is 23.1 Å². The minimum absolute atomic E-state index is 0.139. The van der Waals surface area contributed by atoms with E-state index in [-0.39, 0.29) is 12.8 Å². The van der Waals surface area contributed by atoms with Crippen molar-refractivity contribution < 1.29 is 21.6 Å². The quantitative estimate of drug-likeness (QED) is 0.801. The molecule has 146 valence electrons. The molecule has 1 unspecified atom stereocenters. The molecule has 0 aliphatic heterocycles. The molecular weight excluding hydrogens is 379 g/mol. The van der Waals surface area contributed by atoms with Crippen LogP contribution in [0.2, 0.25) is 0 Å². The molecule has 27 heavy (non-hydrogen) atoms. The lowest BCUT2D eigenvalue weighted by molar-refractivity contribution is -0.241. The van der Waals surface area contributed by atoms with Crippen LogP contribution in [0, 0.1) is 5.41 Å². The predicted molar refractivity (Wildman–Crippen MR) is 95.1 cm³/mol. The van der Waals surface area contributed by atoms with Gasteiger partial charge in [0.15, 0.2) is 0 Å². The lowest BCUT2D eigenvalue weighted by Gasteiger charge is -2.42. The molecule has 1 heterocycles. The molecule has 9 heteroatoms. The maximum Gasteiger partial charge on any atom is 0.395 e. The zero-order chi connectivity index (χ0) is 19.7. The van der Waals surface area contributed by atoms with Crippen molar-refractivity contribution in [3.63, 3.8) is 0 Å². The van der Waals surface area contributed by atoms with Crippen LogP contribution in [0.4, 0.5) is 13.2 Å². The SMILES string of the molecule is CC(NS(=O)(=O)CC1(C(F)(F)F)CCC1)c1ccc(-c2cncnc2)cc1. The summed E-state index contributed by atoms with van der Waals surface area (Å²) in [6.07, 6.45) is 0.342. The molecule has 1 aliphatic rings. The van der Waals surface area contributed by atoms with Crippen LogP contribution in [0.1, 0.15) is 37.8 Å². The zero-order valence-electron chi connectivity index (χ0n) is 14.7. The molecule has 5 nitrogen and oxygen atoms in total. The minimum atomic E-state index is -4.51. The first kappa shape index (κ1) is 19.8. The summed E-state index contributed by atoms with van der Waals surface area (Å²) in [5.41, 5.74) is 0.221.